The van der Waals surface area contributed by atoms with Crippen molar-refractivity contribution in [3.63, 3.8) is 0 Å². The first-order valence-electron chi connectivity index (χ1n) is 7.76. The van der Waals surface area contributed by atoms with Gasteiger partial charge in [0.1, 0.15) is 6.10 Å². The molecular weight excluding hydrogens is 282 g/mol. The second-order valence-corrected chi connectivity index (χ2v) is 7.20. The Morgan fingerprint density at radius 1 is 1.27 bits per heavy atom. The lowest BCUT2D eigenvalue weighted by atomic mass is 9.45. The average molecular weight is 303 g/mol. The summed E-state index contributed by atoms with van der Waals surface area (Å²) in [6.07, 6.45) is 2.11. The predicted molar refractivity (Wildman–Crippen MR) is 81.5 cm³/mol. The highest BCUT2D eigenvalue weighted by atomic mass is 16.6. The third-order valence-electron chi connectivity index (χ3n) is 5.86. The van der Waals surface area contributed by atoms with Gasteiger partial charge < -0.3 is 4.74 Å². The fraction of sp³-hybridized carbons (Fsp3) is 0.588. The van der Waals surface area contributed by atoms with E-state index in [1.807, 2.05) is 0 Å². The van der Waals surface area contributed by atoms with Crippen LogP contribution in [0.25, 0.3) is 0 Å². The number of fused-ring (bicyclic) bond motifs is 2. The Kier molecular flexibility index (Phi) is 3.46. The molecule has 0 unspecified atom stereocenters. The van der Waals surface area contributed by atoms with Gasteiger partial charge in [-0.05, 0) is 48.1 Å². The third kappa shape index (κ3) is 2.28. The maximum absolute atomic E-state index is 12.2. The molecule has 5 heteroatoms. The summed E-state index contributed by atoms with van der Waals surface area (Å²) >= 11 is 0. The van der Waals surface area contributed by atoms with E-state index in [0.29, 0.717) is 28.7 Å². The molecule has 0 N–H and O–H groups in total. The van der Waals surface area contributed by atoms with Gasteiger partial charge in [0.2, 0.25) is 0 Å². The van der Waals surface area contributed by atoms with Crippen LogP contribution in [0.2, 0.25) is 0 Å². The first-order chi connectivity index (χ1) is 10.3. The predicted octanol–water partition coefficient (Wildman–Crippen LogP) is 3.82. The first-order valence-corrected chi connectivity index (χ1v) is 7.76. The lowest BCUT2D eigenvalue weighted by molar-refractivity contribution is -0.384. The van der Waals surface area contributed by atoms with Crippen molar-refractivity contribution in [3.05, 3.63) is 39.9 Å². The lowest BCUT2D eigenvalue weighted by Crippen LogP contribution is -2.57. The van der Waals surface area contributed by atoms with Crippen LogP contribution >= 0.6 is 0 Å². The zero-order chi connectivity index (χ0) is 16.1. The molecule has 1 aromatic carbocycles. The maximum atomic E-state index is 12.2. The zero-order valence-electron chi connectivity index (χ0n) is 13.1. The maximum Gasteiger partial charge on any atom is 0.338 e. The summed E-state index contributed by atoms with van der Waals surface area (Å²) in [4.78, 5) is 22.4. The molecule has 3 aliphatic rings. The molecule has 0 spiro atoms. The summed E-state index contributed by atoms with van der Waals surface area (Å²) in [6, 6.07) is 5.58. The second kappa shape index (κ2) is 5.07. The van der Waals surface area contributed by atoms with Crippen molar-refractivity contribution >= 4 is 11.7 Å². The second-order valence-electron chi connectivity index (χ2n) is 7.20. The van der Waals surface area contributed by atoms with E-state index < -0.39 is 4.92 Å². The van der Waals surface area contributed by atoms with Crippen molar-refractivity contribution < 1.29 is 14.5 Å². The van der Waals surface area contributed by atoms with Gasteiger partial charge in [0.15, 0.2) is 0 Å². The number of carbonyl (C=O) groups excluding carboxylic acids is 1. The number of nitro groups is 1. The number of non-ortho nitro benzene ring substituents is 1. The monoisotopic (exact) mass is 303 g/mol. The van der Waals surface area contributed by atoms with Gasteiger partial charge in [0.05, 0.1) is 10.5 Å². The number of ether oxygens (including phenoxy) is 1. The fourth-order valence-electron chi connectivity index (χ4n) is 4.18. The van der Waals surface area contributed by atoms with Gasteiger partial charge >= 0.3 is 5.97 Å². The van der Waals surface area contributed by atoms with Crippen LogP contribution in [0.1, 0.15) is 44.0 Å². The van der Waals surface area contributed by atoms with Crippen LogP contribution in [-0.4, -0.2) is 17.0 Å². The topological polar surface area (TPSA) is 69.4 Å². The molecule has 3 aliphatic carbocycles. The van der Waals surface area contributed by atoms with Crippen molar-refractivity contribution in [1.82, 2.24) is 0 Å². The molecule has 3 fully saturated rings. The van der Waals surface area contributed by atoms with E-state index in [0.717, 1.165) is 6.42 Å². The summed E-state index contributed by atoms with van der Waals surface area (Å²) in [7, 11) is 0. The molecule has 5 nitrogen and oxygen atoms in total. The molecule has 0 amide bonds. The van der Waals surface area contributed by atoms with Gasteiger partial charge in [-0.2, -0.15) is 0 Å². The Labute approximate surface area is 129 Å². The molecule has 0 aromatic heterocycles. The molecule has 3 saturated carbocycles. The van der Waals surface area contributed by atoms with E-state index in [9.17, 15) is 14.9 Å². The number of benzene rings is 1. The van der Waals surface area contributed by atoms with Crippen LogP contribution in [0.3, 0.4) is 0 Å². The quantitative estimate of drug-likeness (QED) is 0.483. The van der Waals surface area contributed by atoms with E-state index in [1.165, 1.54) is 30.7 Å². The van der Waals surface area contributed by atoms with E-state index >= 15 is 0 Å². The molecule has 0 aliphatic heterocycles. The third-order valence-corrected chi connectivity index (χ3v) is 5.86. The fourth-order valence-corrected chi connectivity index (χ4v) is 4.18. The minimum Gasteiger partial charge on any atom is -0.458 e. The molecule has 22 heavy (non-hydrogen) atoms. The number of rotatable bonds is 3. The van der Waals surface area contributed by atoms with Gasteiger partial charge in [0.25, 0.3) is 5.69 Å². The molecule has 2 bridgehead atoms. The Bertz CT molecular complexity index is 608. The summed E-state index contributed by atoms with van der Waals surface area (Å²) in [6.45, 7) is 6.77. The number of hydrogen-bond donors (Lipinski definition) is 0. The zero-order valence-corrected chi connectivity index (χ0v) is 13.1. The highest BCUT2D eigenvalue weighted by molar-refractivity contribution is 5.89. The van der Waals surface area contributed by atoms with E-state index in [-0.39, 0.29) is 17.8 Å². The molecule has 118 valence electrons. The summed E-state index contributed by atoms with van der Waals surface area (Å²) in [5.74, 6) is 1.22. The molecule has 4 rings (SSSR count). The minimum absolute atomic E-state index is 0.0226. The van der Waals surface area contributed by atoms with Crippen LogP contribution < -0.4 is 0 Å². The Morgan fingerprint density at radius 2 is 1.91 bits per heavy atom. The standard InChI is InChI=1S/C17H21NO4/c1-10-14-8-12(17(14,2)3)9-15(10)22-16(19)11-4-6-13(7-5-11)18(20)21/h4-7,10,12,14-15H,8-9H2,1-3H3/t10-,12-,14+,15-/m0/s1. The van der Waals surface area contributed by atoms with E-state index in [4.69, 9.17) is 4.74 Å². The highest BCUT2D eigenvalue weighted by Crippen LogP contribution is 2.61. The van der Waals surface area contributed by atoms with Crippen molar-refractivity contribution in [1.29, 1.82) is 0 Å². The van der Waals surface area contributed by atoms with Crippen molar-refractivity contribution in [2.24, 2.45) is 23.2 Å². The summed E-state index contributed by atoms with van der Waals surface area (Å²) < 4.78 is 5.68. The molecule has 0 heterocycles. The van der Waals surface area contributed by atoms with Crippen molar-refractivity contribution in [3.8, 4) is 0 Å². The van der Waals surface area contributed by atoms with Gasteiger partial charge in [0, 0.05) is 12.1 Å². The average Bonchev–Trinajstić information content (AvgIpc) is 2.48. The van der Waals surface area contributed by atoms with E-state index in [1.54, 1.807) is 0 Å². The molecule has 4 atom stereocenters. The summed E-state index contributed by atoms with van der Waals surface area (Å²) in [5.41, 5.74) is 0.706. The highest BCUT2D eigenvalue weighted by Gasteiger charge is 2.57. The van der Waals surface area contributed by atoms with Gasteiger partial charge in [-0.3, -0.25) is 10.1 Å². The Balaban J connectivity index is 1.66. The van der Waals surface area contributed by atoms with Crippen LogP contribution in [-0.2, 0) is 4.74 Å². The van der Waals surface area contributed by atoms with Gasteiger partial charge in [-0.1, -0.05) is 20.8 Å². The van der Waals surface area contributed by atoms with Crippen LogP contribution in [0.4, 0.5) is 5.69 Å². The van der Waals surface area contributed by atoms with Crippen molar-refractivity contribution in [2.75, 3.05) is 0 Å². The number of hydrogen-bond acceptors (Lipinski definition) is 4. The van der Waals surface area contributed by atoms with Crippen LogP contribution in [0.5, 0.6) is 0 Å². The number of esters is 1. The molecular formula is C17H21NO4. The SMILES string of the molecule is C[C@@H]1[C@@H](OC(=O)c2ccc([N+](=O)[O-])cc2)C[C@@H]2C[C@H]1C2(C)C. The molecule has 1 aromatic rings. The number of nitro benzene ring substituents is 1. The number of nitrogens with zero attached hydrogens (tertiary/aromatic N) is 1. The van der Waals surface area contributed by atoms with E-state index in [2.05, 4.69) is 20.8 Å². The van der Waals surface area contributed by atoms with Gasteiger partial charge in [-0.15, -0.1) is 0 Å². The van der Waals surface area contributed by atoms with Crippen molar-refractivity contribution in [2.45, 2.75) is 39.7 Å². The van der Waals surface area contributed by atoms with Crippen LogP contribution in [0.15, 0.2) is 24.3 Å². The smallest absolute Gasteiger partial charge is 0.338 e. The first kappa shape index (κ1) is 15.0. The van der Waals surface area contributed by atoms with Gasteiger partial charge in [-0.25, -0.2) is 4.79 Å². The molecule has 0 radical (unpaired) electrons. The Hall–Kier alpha value is -1.91. The normalized spacial score (nSPS) is 32.0. The number of carbonyl (C=O) groups is 1. The Morgan fingerprint density at radius 3 is 2.41 bits per heavy atom. The summed E-state index contributed by atoms with van der Waals surface area (Å²) in [5, 5.41) is 10.6. The largest absolute Gasteiger partial charge is 0.458 e. The minimum atomic E-state index is -0.478. The van der Waals surface area contributed by atoms with Crippen LogP contribution in [0, 0.1) is 33.3 Å². The molecule has 0 saturated heterocycles. The lowest BCUT2D eigenvalue weighted by Gasteiger charge is -2.61.